The van der Waals surface area contributed by atoms with Crippen molar-refractivity contribution < 1.29 is 9.53 Å². The fourth-order valence-corrected chi connectivity index (χ4v) is 2.60. The summed E-state index contributed by atoms with van der Waals surface area (Å²) < 4.78 is 5.72. The summed E-state index contributed by atoms with van der Waals surface area (Å²) in [6.07, 6.45) is 8.59. The molecule has 1 aliphatic carbocycles. The molecule has 1 saturated heterocycles. The Morgan fingerprint density at radius 3 is 2.42 bits per heavy atom. The Kier molecular flexibility index (Phi) is 3.62. The molecule has 0 atom stereocenters. The average molecular weight is 261 g/mol. The number of nitrogens with zero attached hydrogens (tertiary/aromatic N) is 3. The SMILES string of the molecule is O=C(C1CCC1)N1CCC(Oc2ncccn2)CC1. The van der Waals surface area contributed by atoms with Gasteiger partial charge in [-0.1, -0.05) is 6.42 Å². The van der Waals surface area contributed by atoms with Crippen LogP contribution in [0.2, 0.25) is 0 Å². The summed E-state index contributed by atoms with van der Waals surface area (Å²) in [5.41, 5.74) is 0. The fourth-order valence-electron chi connectivity index (χ4n) is 2.60. The molecule has 5 nitrogen and oxygen atoms in total. The van der Waals surface area contributed by atoms with Crippen molar-refractivity contribution in [1.29, 1.82) is 0 Å². The second-order valence-electron chi connectivity index (χ2n) is 5.30. The van der Waals surface area contributed by atoms with Crippen LogP contribution in [0.5, 0.6) is 6.01 Å². The van der Waals surface area contributed by atoms with Crippen LogP contribution in [-0.2, 0) is 4.79 Å². The molecular weight excluding hydrogens is 242 g/mol. The number of likely N-dealkylation sites (tertiary alicyclic amines) is 1. The van der Waals surface area contributed by atoms with Gasteiger partial charge >= 0.3 is 6.01 Å². The van der Waals surface area contributed by atoms with Gasteiger partial charge in [-0.25, -0.2) is 9.97 Å². The topological polar surface area (TPSA) is 55.3 Å². The Balaban J connectivity index is 1.48. The highest BCUT2D eigenvalue weighted by atomic mass is 16.5. The maximum atomic E-state index is 12.1. The standard InChI is InChI=1S/C14H19N3O2/c18-13(11-3-1-4-11)17-9-5-12(6-10-17)19-14-15-7-2-8-16-14/h2,7-8,11-12H,1,3-6,9-10H2. The van der Waals surface area contributed by atoms with Gasteiger partial charge in [0.05, 0.1) is 0 Å². The lowest BCUT2D eigenvalue weighted by Gasteiger charge is -2.36. The smallest absolute Gasteiger partial charge is 0.316 e. The number of piperidine rings is 1. The molecule has 1 saturated carbocycles. The summed E-state index contributed by atoms with van der Waals surface area (Å²) >= 11 is 0. The molecule has 5 heteroatoms. The molecule has 1 aromatic rings. The summed E-state index contributed by atoms with van der Waals surface area (Å²) in [6, 6.07) is 2.21. The number of ether oxygens (including phenoxy) is 1. The summed E-state index contributed by atoms with van der Waals surface area (Å²) in [5.74, 6) is 0.649. The van der Waals surface area contributed by atoms with Gasteiger partial charge in [-0.15, -0.1) is 0 Å². The second-order valence-corrected chi connectivity index (χ2v) is 5.30. The van der Waals surface area contributed by atoms with Crippen LogP contribution in [0.1, 0.15) is 32.1 Å². The number of carbonyl (C=O) groups excluding carboxylic acids is 1. The summed E-state index contributed by atoms with van der Waals surface area (Å²) in [6.45, 7) is 1.60. The molecule has 0 radical (unpaired) electrons. The second kappa shape index (κ2) is 5.55. The van der Waals surface area contributed by atoms with Gasteiger partial charge in [0.2, 0.25) is 5.91 Å². The van der Waals surface area contributed by atoms with Crippen LogP contribution in [0.3, 0.4) is 0 Å². The molecule has 0 unspecified atom stereocenters. The molecule has 0 bridgehead atoms. The van der Waals surface area contributed by atoms with Gasteiger partial charge in [-0.3, -0.25) is 4.79 Å². The third kappa shape index (κ3) is 2.85. The first-order valence-corrected chi connectivity index (χ1v) is 7.05. The molecule has 2 fully saturated rings. The summed E-state index contributed by atoms with van der Waals surface area (Å²) in [5, 5.41) is 0. The lowest BCUT2D eigenvalue weighted by molar-refractivity contribution is -0.140. The first-order valence-electron chi connectivity index (χ1n) is 7.05. The normalized spacial score (nSPS) is 20.9. The van der Waals surface area contributed by atoms with E-state index >= 15 is 0 Å². The number of rotatable bonds is 3. The minimum Gasteiger partial charge on any atom is -0.460 e. The Labute approximate surface area is 113 Å². The van der Waals surface area contributed by atoms with E-state index in [2.05, 4.69) is 9.97 Å². The molecule has 0 N–H and O–H groups in total. The zero-order chi connectivity index (χ0) is 13.1. The molecule has 1 amide bonds. The first-order chi connectivity index (χ1) is 9.33. The van der Waals surface area contributed by atoms with Crippen LogP contribution in [0.15, 0.2) is 18.5 Å². The van der Waals surface area contributed by atoms with Crippen molar-refractivity contribution in [1.82, 2.24) is 14.9 Å². The number of hydrogen-bond donors (Lipinski definition) is 0. The number of carbonyl (C=O) groups is 1. The van der Waals surface area contributed by atoms with E-state index in [1.165, 1.54) is 6.42 Å². The zero-order valence-electron chi connectivity index (χ0n) is 11.0. The van der Waals surface area contributed by atoms with E-state index in [0.717, 1.165) is 38.8 Å². The molecule has 3 rings (SSSR count). The van der Waals surface area contributed by atoms with Crippen LogP contribution in [0.25, 0.3) is 0 Å². The zero-order valence-corrected chi connectivity index (χ0v) is 11.0. The molecule has 1 aliphatic heterocycles. The van der Waals surface area contributed by atoms with Gasteiger partial charge in [-0.2, -0.15) is 0 Å². The third-order valence-electron chi connectivity index (χ3n) is 4.02. The van der Waals surface area contributed by atoms with Crippen LogP contribution in [0.4, 0.5) is 0 Å². The van der Waals surface area contributed by atoms with E-state index in [1.807, 2.05) is 4.90 Å². The van der Waals surface area contributed by atoms with E-state index in [9.17, 15) is 4.79 Å². The quantitative estimate of drug-likeness (QED) is 0.830. The van der Waals surface area contributed by atoms with Gasteiger partial charge in [0.25, 0.3) is 0 Å². The van der Waals surface area contributed by atoms with Gasteiger partial charge in [0.15, 0.2) is 0 Å². The lowest BCUT2D eigenvalue weighted by atomic mass is 9.84. The Morgan fingerprint density at radius 1 is 1.16 bits per heavy atom. The monoisotopic (exact) mass is 261 g/mol. The molecule has 1 aromatic heterocycles. The molecule has 2 aliphatic rings. The number of amides is 1. The van der Waals surface area contributed by atoms with Crippen LogP contribution in [0, 0.1) is 5.92 Å². The highest BCUT2D eigenvalue weighted by Crippen LogP contribution is 2.29. The van der Waals surface area contributed by atoms with Gasteiger partial charge in [0, 0.05) is 44.2 Å². The van der Waals surface area contributed by atoms with Crippen molar-refractivity contribution in [2.24, 2.45) is 5.92 Å². The number of hydrogen-bond acceptors (Lipinski definition) is 4. The lowest BCUT2D eigenvalue weighted by Crippen LogP contribution is -2.45. The van der Waals surface area contributed by atoms with Crippen molar-refractivity contribution in [3.05, 3.63) is 18.5 Å². The van der Waals surface area contributed by atoms with Crippen molar-refractivity contribution in [3.8, 4) is 6.01 Å². The molecular formula is C14H19N3O2. The van der Waals surface area contributed by atoms with Gasteiger partial charge in [0.1, 0.15) is 6.10 Å². The predicted molar refractivity (Wildman–Crippen MR) is 69.6 cm³/mol. The summed E-state index contributed by atoms with van der Waals surface area (Å²) in [4.78, 5) is 22.2. The van der Waals surface area contributed by atoms with Crippen molar-refractivity contribution in [2.75, 3.05) is 13.1 Å². The maximum Gasteiger partial charge on any atom is 0.316 e. The molecule has 19 heavy (non-hydrogen) atoms. The van der Waals surface area contributed by atoms with Crippen LogP contribution >= 0.6 is 0 Å². The molecule has 0 aromatic carbocycles. The third-order valence-corrected chi connectivity index (χ3v) is 4.02. The molecule has 2 heterocycles. The summed E-state index contributed by atoms with van der Waals surface area (Å²) in [7, 11) is 0. The highest BCUT2D eigenvalue weighted by Gasteiger charge is 2.32. The van der Waals surface area contributed by atoms with Crippen LogP contribution < -0.4 is 4.74 Å². The maximum absolute atomic E-state index is 12.1. The fraction of sp³-hybridized carbons (Fsp3) is 0.643. The molecule has 102 valence electrons. The van der Waals surface area contributed by atoms with E-state index in [4.69, 9.17) is 4.74 Å². The Hall–Kier alpha value is -1.65. The Morgan fingerprint density at radius 2 is 1.84 bits per heavy atom. The number of aromatic nitrogens is 2. The predicted octanol–water partition coefficient (Wildman–Crippen LogP) is 1.65. The van der Waals surface area contributed by atoms with E-state index in [1.54, 1.807) is 18.5 Å². The van der Waals surface area contributed by atoms with Gasteiger partial charge in [-0.05, 0) is 18.9 Å². The minimum atomic E-state index is 0.132. The minimum absolute atomic E-state index is 0.132. The Bertz CT molecular complexity index is 426. The largest absolute Gasteiger partial charge is 0.460 e. The van der Waals surface area contributed by atoms with Crippen molar-refractivity contribution in [2.45, 2.75) is 38.2 Å². The van der Waals surface area contributed by atoms with E-state index in [0.29, 0.717) is 17.8 Å². The van der Waals surface area contributed by atoms with E-state index in [-0.39, 0.29) is 6.10 Å². The average Bonchev–Trinajstić information content (AvgIpc) is 2.39. The van der Waals surface area contributed by atoms with Crippen molar-refractivity contribution >= 4 is 5.91 Å². The van der Waals surface area contributed by atoms with Crippen molar-refractivity contribution in [3.63, 3.8) is 0 Å². The van der Waals surface area contributed by atoms with Gasteiger partial charge < -0.3 is 9.64 Å². The van der Waals surface area contributed by atoms with E-state index < -0.39 is 0 Å². The highest BCUT2D eigenvalue weighted by molar-refractivity contribution is 5.79. The molecule has 0 spiro atoms. The first kappa shape index (κ1) is 12.4. The van der Waals surface area contributed by atoms with Crippen LogP contribution in [-0.4, -0.2) is 40.0 Å².